The summed E-state index contributed by atoms with van der Waals surface area (Å²) in [5, 5.41) is 3.14. The lowest BCUT2D eigenvalue weighted by Crippen LogP contribution is -2.31. The third-order valence-corrected chi connectivity index (χ3v) is 4.80. The van der Waals surface area contributed by atoms with Gasteiger partial charge in [-0.05, 0) is 56.3 Å². The predicted octanol–water partition coefficient (Wildman–Crippen LogP) is 3.25. The molecular weight excluding hydrogens is 272 g/mol. The van der Waals surface area contributed by atoms with Gasteiger partial charge in [0.1, 0.15) is 0 Å². The molecule has 1 heterocycles. The highest BCUT2D eigenvalue weighted by Gasteiger charge is 2.19. The van der Waals surface area contributed by atoms with Gasteiger partial charge in [-0.3, -0.25) is 9.69 Å². The van der Waals surface area contributed by atoms with Gasteiger partial charge in [0.05, 0.1) is 0 Å². The molecule has 0 spiro atoms. The van der Waals surface area contributed by atoms with Crippen LogP contribution in [-0.4, -0.2) is 23.9 Å². The van der Waals surface area contributed by atoms with Crippen LogP contribution in [0.4, 0.5) is 0 Å². The molecule has 1 N–H and O–H groups in total. The van der Waals surface area contributed by atoms with Gasteiger partial charge < -0.3 is 5.32 Å². The van der Waals surface area contributed by atoms with Crippen LogP contribution in [0.1, 0.15) is 43.2 Å². The van der Waals surface area contributed by atoms with Gasteiger partial charge >= 0.3 is 0 Å². The van der Waals surface area contributed by atoms with E-state index in [2.05, 4.69) is 46.6 Å². The van der Waals surface area contributed by atoms with Gasteiger partial charge in [-0.1, -0.05) is 36.4 Å². The number of benzene rings is 1. The molecule has 22 heavy (non-hydrogen) atoms. The summed E-state index contributed by atoms with van der Waals surface area (Å²) in [7, 11) is 0. The summed E-state index contributed by atoms with van der Waals surface area (Å²) in [5.74, 6) is 0.371. The minimum Gasteiger partial charge on any atom is -0.352 e. The Labute approximate surface area is 133 Å². The number of allylic oxidation sites excluding steroid dienone is 2. The summed E-state index contributed by atoms with van der Waals surface area (Å²) in [5.41, 5.74) is 2.61. The Balaban J connectivity index is 1.57. The first-order valence-electron chi connectivity index (χ1n) is 8.55. The summed E-state index contributed by atoms with van der Waals surface area (Å²) in [6.45, 7) is 4.07. The normalized spacial score (nSPS) is 21.9. The van der Waals surface area contributed by atoms with Gasteiger partial charge in [0.15, 0.2) is 0 Å². The number of nitrogens with zero attached hydrogens (tertiary/aromatic N) is 1. The maximum Gasteiger partial charge on any atom is 0.223 e. The Bertz CT molecular complexity index is 532. The van der Waals surface area contributed by atoms with Crippen molar-refractivity contribution in [2.75, 3.05) is 13.1 Å². The van der Waals surface area contributed by atoms with Crippen LogP contribution in [0, 0.1) is 5.92 Å². The van der Waals surface area contributed by atoms with E-state index >= 15 is 0 Å². The zero-order valence-corrected chi connectivity index (χ0v) is 13.3. The highest BCUT2D eigenvalue weighted by Crippen LogP contribution is 2.19. The third kappa shape index (κ3) is 3.98. The molecule has 3 rings (SSSR count). The third-order valence-electron chi connectivity index (χ3n) is 4.80. The molecule has 1 atom stereocenters. The van der Waals surface area contributed by atoms with Crippen LogP contribution in [0.25, 0.3) is 0 Å². The molecule has 0 unspecified atom stereocenters. The summed E-state index contributed by atoms with van der Waals surface area (Å²) in [6.07, 6.45) is 9.84. The second kappa shape index (κ2) is 7.59. The quantitative estimate of drug-likeness (QED) is 0.846. The Kier molecular flexibility index (Phi) is 5.28. The Morgan fingerprint density at radius 1 is 1.14 bits per heavy atom. The molecule has 1 aliphatic heterocycles. The highest BCUT2D eigenvalue weighted by molar-refractivity contribution is 5.79. The van der Waals surface area contributed by atoms with E-state index in [0.717, 1.165) is 25.8 Å². The Morgan fingerprint density at radius 3 is 2.64 bits per heavy atom. The first-order chi connectivity index (χ1) is 10.8. The molecule has 3 nitrogen and oxygen atoms in total. The minimum absolute atomic E-state index is 0.163. The average molecular weight is 298 g/mol. The molecule has 1 fully saturated rings. The van der Waals surface area contributed by atoms with Crippen LogP contribution in [0.15, 0.2) is 36.4 Å². The number of nitrogens with one attached hydrogen (secondary N) is 1. The molecular formula is C19H26N2O. The predicted molar refractivity (Wildman–Crippen MR) is 89.3 cm³/mol. The molecule has 1 saturated heterocycles. The molecule has 1 aliphatic carbocycles. The fraction of sp³-hybridized carbons (Fsp3) is 0.526. The van der Waals surface area contributed by atoms with Gasteiger partial charge in [0.2, 0.25) is 5.91 Å². The fourth-order valence-corrected chi connectivity index (χ4v) is 3.42. The number of likely N-dealkylation sites (tertiary alicyclic amines) is 1. The van der Waals surface area contributed by atoms with Crippen LogP contribution in [0.5, 0.6) is 0 Å². The van der Waals surface area contributed by atoms with Crippen molar-refractivity contribution in [3.63, 3.8) is 0 Å². The maximum absolute atomic E-state index is 12.3. The van der Waals surface area contributed by atoms with Crippen molar-refractivity contribution in [3.8, 4) is 0 Å². The summed E-state index contributed by atoms with van der Waals surface area (Å²) in [6, 6.07) is 8.51. The summed E-state index contributed by atoms with van der Waals surface area (Å²) in [4.78, 5) is 14.8. The Morgan fingerprint density at radius 2 is 1.91 bits per heavy atom. The average Bonchev–Trinajstić information content (AvgIpc) is 3.07. The van der Waals surface area contributed by atoms with Crippen molar-refractivity contribution in [2.24, 2.45) is 5.92 Å². The molecule has 1 aromatic carbocycles. The van der Waals surface area contributed by atoms with E-state index in [-0.39, 0.29) is 11.8 Å². The molecule has 0 bridgehead atoms. The van der Waals surface area contributed by atoms with E-state index in [1.807, 2.05) is 0 Å². The van der Waals surface area contributed by atoms with Crippen LogP contribution in [0.3, 0.4) is 0 Å². The minimum atomic E-state index is 0.163. The number of carbonyl (C=O) groups excluding carboxylic acids is 1. The smallest absolute Gasteiger partial charge is 0.223 e. The van der Waals surface area contributed by atoms with Crippen LogP contribution in [-0.2, 0) is 17.9 Å². The van der Waals surface area contributed by atoms with Crippen LogP contribution < -0.4 is 5.32 Å². The monoisotopic (exact) mass is 298 g/mol. The zero-order chi connectivity index (χ0) is 15.2. The van der Waals surface area contributed by atoms with Crippen molar-refractivity contribution in [3.05, 3.63) is 47.5 Å². The molecule has 0 radical (unpaired) electrons. The lowest BCUT2D eigenvalue weighted by atomic mass is 9.93. The topological polar surface area (TPSA) is 32.3 Å². The number of hydrogen-bond acceptors (Lipinski definition) is 2. The maximum atomic E-state index is 12.3. The van der Waals surface area contributed by atoms with E-state index in [1.165, 1.54) is 37.1 Å². The molecule has 118 valence electrons. The van der Waals surface area contributed by atoms with Crippen molar-refractivity contribution in [1.29, 1.82) is 0 Å². The van der Waals surface area contributed by atoms with Crippen LogP contribution >= 0.6 is 0 Å². The van der Waals surface area contributed by atoms with Gasteiger partial charge in [0, 0.05) is 19.0 Å². The van der Waals surface area contributed by atoms with Gasteiger partial charge in [-0.15, -0.1) is 0 Å². The van der Waals surface area contributed by atoms with E-state index in [1.54, 1.807) is 0 Å². The lowest BCUT2D eigenvalue weighted by molar-refractivity contribution is -0.125. The van der Waals surface area contributed by atoms with Crippen molar-refractivity contribution in [1.82, 2.24) is 10.2 Å². The van der Waals surface area contributed by atoms with Gasteiger partial charge in [0.25, 0.3) is 0 Å². The fourth-order valence-electron chi connectivity index (χ4n) is 3.42. The highest BCUT2D eigenvalue weighted by atomic mass is 16.1. The summed E-state index contributed by atoms with van der Waals surface area (Å²) < 4.78 is 0. The Hall–Kier alpha value is -1.61. The number of amides is 1. The van der Waals surface area contributed by atoms with E-state index in [4.69, 9.17) is 0 Å². The second-order valence-electron chi connectivity index (χ2n) is 6.45. The number of hydrogen-bond donors (Lipinski definition) is 1. The van der Waals surface area contributed by atoms with Gasteiger partial charge in [-0.2, -0.15) is 0 Å². The summed E-state index contributed by atoms with van der Waals surface area (Å²) >= 11 is 0. The lowest BCUT2D eigenvalue weighted by Gasteiger charge is -2.20. The molecule has 0 aromatic heterocycles. The largest absolute Gasteiger partial charge is 0.352 e. The van der Waals surface area contributed by atoms with E-state index in [0.29, 0.717) is 6.54 Å². The van der Waals surface area contributed by atoms with E-state index in [9.17, 15) is 4.79 Å². The second-order valence-corrected chi connectivity index (χ2v) is 6.45. The standard InChI is InChI=1S/C19H26N2O/c22-19(16-8-2-1-3-9-16)20-14-17-10-4-5-11-18(17)15-21-12-6-7-13-21/h1-2,4-5,10-11,16H,3,6-9,12-15H2,(H,20,22)/t16-/m1/s1. The number of rotatable bonds is 5. The van der Waals surface area contributed by atoms with Crippen LogP contribution in [0.2, 0.25) is 0 Å². The first kappa shape index (κ1) is 15.3. The van der Waals surface area contributed by atoms with Crippen molar-refractivity contribution < 1.29 is 4.79 Å². The number of carbonyl (C=O) groups is 1. The molecule has 3 heteroatoms. The molecule has 0 saturated carbocycles. The first-order valence-corrected chi connectivity index (χ1v) is 8.55. The van der Waals surface area contributed by atoms with Crippen molar-refractivity contribution >= 4 is 5.91 Å². The zero-order valence-electron chi connectivity index (χ0n) is 13.3. The van der Waals surface area contributed by atoms with Crippen molar-refractivity contribution in [2.45, 2.75) is 45.2 Å². The van der Waals surface area contributed by atoms with E-state index < -0.39 is 0 Å². The molecule has 1 aromatic rings. The SMILES string of the molecule is O=C(NCc1ccccc1CN1CCCC1)[C@@H]1CC=CCC1. The molecule has 2 aliphatic rings. The van der Waals surface area contributed by atoms with Gasteiger partial charge in [-0.25, -0.2) is 0 Å². The molecule has 1 amide bonds.